The molecule has 0 radical (unpaired) electrons. The Labute approximate surface area is 131 Å². The number of carbonyl (C=O) groups is 2. The van der Waals surface area contributed by atoms with Gasteiger partial charge in [-0.2, -0.15) is 0 Å². The molecule has 118 valence electrons. The van der Waals surface area contributed by atoms with Gasteiger partial charge < -0.3 is 15.1 Å². The van der Waals surface area contributed by atoms with Gasteiger partial charge in [-0.05, 0) is 25.0 Å². The Morgan fingerprint density at radius 3 is 2.59 bits per heavy atom. The second kappa shape index (κ2) is 7.75. The molecule has 1 saturated carbocycles. The van der Waals surface area contributed by atoms with E-state index in [0.29, 0.717) is 19.1 Å². The van der Waals surface area contributed by atoms with Crippen LogP contribution in [0.1, 0.15) is 12.8 Å². The molecule has 5 heteroatoms. The first-order valence-electron chi connectivity index (χ1n) is 7.67. The second-order valence-electron chi connectivity index (χ2n) is 5.78. The van der Waals surface area contributed by atoms with Crippen LogP contribution < -0.4 is 15.1 Å². The number of hydrogen-bond donors (Lipinski definition) is 2. The summed E-state index contributed by atoms with van der Waals surface area (Å²) in [4.78, 5) is 26.8. The maximum atomic E-state index is 12.5. The summed E-state index contributed by atoms with van der Waals surface area (Å²) in [5.41, 5.74) is 0.850. The summed E-state index contributed by atoms with van der Waals surface area (Å²) >= 11 is 0. The fourth-order valence-corrected chi connectivity index (χ4v) is 2.28. The molecule has 2 rings (SSSR count). The molecule has 2 N–H and O–H groups in total. The minimum Gasteiger partial charge on any atom is -0.348 e. The van der Waals surface area contributed by atoms with E-state index in [1.807, 2.05) is 37.4 Å². The van der Waals surface area contributed by atoms with Crippen molar-refractivity contribution in [3.8, 4) is 0 Å². The number of nitrogens with zero attached hydrogens (tertiary/aromatic N) is 1. The van der Waals surface area contributed by atoms with E-state index in [9.17, 15) is 9.59 Å². The van der Waals surface area contributed by atoms with Crippen molar-refractivity contribution in [1.29, 1.82) is 0 Å². The summed E-state index contributed by atoms with van der Waals surface area (Å²) in [6.07, 6.45) is 3.86. The third-order valence-electron chi connectivity index (χ3n) is 3.54. The zero-order valence-electron chi connectivity index (χ0n) is 13.0. The number of para-hydroxylation sites is 1. The number of likely N-dealkylation sites (N-methyl/N-ethyl adjacent to an activating group) is 1. The number of anilines is 1. The van der Waals surface area contributed by atoms with Gasteiger partial charge in [-0.1, -0.05) is 24.3 Å². The molecule has 1 fully saturated rings. The highest BCUT2D eigenvalue weighted by molar-refractivity contribution is 5.94. The van der Waals surface area contributed by atoms with E-state index in [-0.39, 0.29) is 18.4 Å². The number of amides is 2. The number of quaternary nitrogens is 1. The summed E-state index contributed by atoms with van der Waals surface area (Å²) in [6.45, 7) is 4.77. The van der Waals surface area contributed by atoms with Gasteiger partial charge in [-0.15, -0.1) is 6.58 Å². The normalized spacial score (nSPS) is 15.0. The van der Waals surface area contributed by atoms with Gasteiger partial charge in [0.25, 0.3) is 11.8 Å². The van der Waals surface area contributed by atoms with Crippen LogP contribution in [0.2, 0.25) is 0 Å². The summed E-state index contributed by atoms with van der Waals surface area (Å²) in [7, 11) is 1.86. The molecule has 1 aromatic rings. The Balaban J connectivity index is 1.89. The minimum absolute atomic E-state index is 0.0113. The average molecular weight is 302 g/mol. The molecule has 1 unspecified atom stereocenters. The van der Waals surface area contributed by atoms with Crippen molar-refractivity contribution in [1.82, 2.24) is 5.32 Å². The smallest absolute Gasteiger partial charge is 0.282 e. The van der Waals surface area contributed by atoms with E-state index in [2.05, 4.69) is 11.9 Å². The van der Waals surface area contributed by atoms with Gasteiger partial charge >= 0.3 is 0 Å². The van der Waals surface area contributed by atoms with E-state index < -0.39 is 0 Å². The molecule has 0 saturated heterocycles. The van der Waals surface area contributed by atoms with Crippen LogP contribution >= 0.6 is 0 Å². The Morgan fingerprint density at radius 2 is 2.00 bits per heavy atom. The monoisotopic (exact) mass is 302 g/mol. The zero-order valence-corrected chi connectivity index (χ0v) is 13.0. The number of hydrogen-bond acceptors (Lipinski definition) is 2. The van der Waals surface area contributed by atoms with Crippen LogP contribution in [0.15, 0.2) is 43.0 Å². The Bertz CT molecular complexity index is 526. The average Bonchev–Trinajstić information content (AvgIpc) is 3.29. The lowest BCUT2D eigenvalue weighted by molar-refractivity contribution is -0.862. The predicted octanol–water partition coefficient (Wildman–Crippen LogP) is -0.00110. The van der Waals surface area contributed by atoms with E-state index in [1.165, 1.54) is 0 Å². The van der Waals surface area contributed by atoms with Crippen LogP contribution in [0.25, 0.3) is 0 Å². The fourth-order valence-electron chi connectivity index (χ4n) is 2.28. The summed E-state index contributed by atoms with van der Waals surface area (Å²) in [6, 6.07) is 9.88. The van der Waals surface area contributed by atoms with Crippen LogP contribution in [0.5, 0.6) is 0 Å². The minimum atomic E-state index is -0.0113. The van der Waals surface area contributed by atoms with Crippen molar-refractivity contribution >= 4 is 17.5 Å². The maximum absolute atomic E-state index is 12.5. The Kier molecular flexibility index (Phi) is 5.72. The van der Waals surface area contributed by atoms with Crippen molar-refractivity contribution in [2.75, 3.05) is 31.6 Å². The van der Waals surface area contributed by atoms with E-state index >= 15 is 0 Å². The summed E-state index contributed by atoms with van der Waals surface area (Å²) < 4.78 is 0. The molecular weight excluding hydrogens is 278 g/mol. The Hall–Kier alpha value is -2.14. The van der Waals surface area contributed by atoms with Crippen molar-refractivity contribution < 1.29 is 14.5 Å². The topological polar surface area (TPSA) is 53.9 Å². The van der Waals surface area contributed by atoms with Crippen LogP contribution in [-0.4, -0.2) is 44.5 Å². The molecule has 1 atom stereocenters. The molecule has 1 aliphatic rings. The molecule has 1 aromatic carbocycles. The first-order valence-corrected chi connectivity index (χ1v) is 7.67. The highest BCUT2D eigenvalue weighted by Crippen LogP contribution is 2.18. The van der Waals surface area contributed by atoms with Crippen molar-refractivity contribution in [2.45, 2.75) is 18.9 Å². The molecule has 0 bridgehead atoms. The van der Waals surface area contributed by atoms with E-state index in [4.69, 9.17) is 0 Å². The van der Waals surface area contributed by atoms with Crippen LogP contribution in [0, 0.1) is 0 Å². The lowest BCUT2D eigenvalue weighted by atomic mass is 10.2. The van der Waals surface area contributed by atoms with Gasteiger partial charge in [0.1, 0.15) is 0 Å². The van der Waals surface area contributed by atoms with Gasteiger partial charge in [-0.3, -0.25) is 9.59 Å². The lowest BCUT2D eigenvalue weighted by Gasteiger charge is -2.22. The molecule has 1 aliphatic carbocycles. The van der Waals surface area contributed by atoms with Gasteiger partial charge in [0.05, 0.1) is 7.05 Å². The molecule has 2 amide bonds. The Morgan fingerprint density at radius 1 is 1.32 bits per heavy atom. The van der Waals surface area contributed by atoms with Crippen molar-refractivity contribution in [3.63, 3.8) is 0 Å². The molecule has 5 nitrogen and oxygen atoms in total. The van der Waals surface area contributed by atoms with Gasteiger partial charge in [-0.25, -0.2) is 0 Å². The second-order valence-corrected chi connectivity index (χ2v) is 5.78. The molecule has 0 spiro atoms. The fraction of sp³-hybridized carbons (Fsp3) is 0.412. The third kappa shape index (κ3) is 5.00. The molecular formula is C17H24N3O2+. The molecule has 0 heterocycles. The van der Waals surface area contributed by atoms with Gasteiger partial charge in [0, 0.05) is 18.3 Å². The lowest BCUT2D eigenvalue weighted by Crippen LogP contribution is -3.11. The summed E-state index contributed by atoms with van der Waals surface area (Å²) in [5.74, 6) is 0.00519. The molecule has 22 heavy (non-hydrogen) atoms. The maximum Gasteiger partial charge on any atom is 0.282 e. The van der Waals surface area contributed by atoms with E-state index in [0.717, 1.165) is 23.4 Å². The number of rotatable bonds is 8. The zero-order chi connectivity index (χ0) is 15.9. The van der Waals surface area contributed by atoms with Gasteiger partial charge in [0.15, 0.2) is 13.1 Å². The predicted molar refractivity (Wildman–Crippen MR) is 86.8 cm³/mol. The van der Waals surface area contributed by atoms with Gasteiger partial charge in [0.2, 0.25) is 0 Å². The van der Waals surface area contributed by atoms with Crippen LogP contribution in [-0.2, 0) is 9.59 Å². The SMILES string of the molecule is C=CCN(C(=O)C[NH+](C)CC(=O)NC1CC1)c1ccccc1. The molecule has 0 aromatic heterocycles. The summed E-state index contributed by atoms with van der Waals surface area (Å²) in [5, 5.41) is 2.94. The van der Waals surface area contributed by atoms with Crippen molar-refractivity contribution in [2.24, 2.45) is 0 Å². The number of carbonyl (C=O) groups excluding carboxylic acids is 2. The van der Waals surface area contributed by atoms with E-state index in [1.54, 1.807) is 11.0 Å². The van der Waals surface area contributed by atoms with Crippen molar-refractivity contribution in [3.05, 3.63) is 43.0 Å². The highest BCUT2D eigenvalue weighted by Gasteiger charge is 2.25. The van der Waals surface area contributed by atoms with Crippen LogP contribution in [0.3, 0.4) is 0 Å². The largest absolute Gasteiger partial charge is 0.348 e. The first kappa shape index (κ1) is 16.2. The highest BCUT2D eigenvalue weighted by atomic mass is 16.2. The van der Waals surface area contributed by atoms with Crippen LogP contribution in [0.4, 0.5) is 5.69 Å². The third-order valence-corrected chi connectivity index (χ3v) is 3.54. The quantitative estimate of drug-likeness (QED) is 0.664. The standard InChI is InChI=1S/C17H23N3O2/c1-3-11-20(15-7-5-4-6-8-15)17(22)13-19(2)12-16(21)18-14-9-10-14/h3-8,14H,1,9-13H2,2H3,(H,18,21)/p+1. The number of benzene rings is 1. The number of nitrogens with one attached hydrogen (secondary N) is 2. The molecule has 0 aliphatic heterocycles. The first-order chi connectivity index (χ1) is 10.6.